The molecule has 1 amide bonds. The minimum Gasteiger partial charge on any atom is -0.488 e. The Hall–Kier alpha value is -2.41. The quantitative estimate of drug-likeness (QED) is 0.739. The van der Waals surface area contributed by atoms with Gasteiger partial charge in [0.1, 0.15) is 17.5 Å². The first-order valence-corrected chi connectivity index (χ1v) is 8.65. The largest absolute Gasteiger partial charge is 0.488 e. The van der Waals surface area contributed by atoms with Crippen molar-refractivity contribution < 1.29 is 14.3 Å². The van der Waals surface area contributed by atoms with Crippen LogP contribution in [0.3, 0.4) is 0 Å². The highest BCUT2D eigenvalue weighted by atomic mass is 16.5. The highest BCUT2D eigenvalue weighted by Gasteiger charge is 2.26. The van der Waals surface area contributed by atoms with Gasteiger partial charge >= 0.3 is 0 Å². The molecule has 7 nitrogen and oxygen atoms in total. The summed E-state index contributed by atoms with van der Waals surface area (Å²) in [4.78, 5) is 16.1. The lowest BCUT2D eigenvalue weighted by atomic mass is 10.2. The van der Waals surface area contributed by atoms with E-state index in [-0.39, 0.29) is 18.1 Å². The number of carbonyl (C=O) groups is 1. The number of hydrogen-bond donors (Lipinski definition) is 1. The number of nitrogens with one attached hydrogen (secondary N) is 1. The first-order valence-electron chi connectivity index (χ1n) is 8.65. The molecule has 3 rings (SSSR count). The summed E-state index contributed by atoms with van der Waals surface area (Å²) in [7, 11) is 0. The Labute approximate surface area is 147 Å². The molecule has 0 saturated heterocycles. The van der Waals surface area contributed by atoms with Crippen molar-refractivity contribution >= 4 is 5.91 Å². The molecule has 0 spiro atoms. The minimum atomic E-state index is -0.141. The second-order valence-electron chi connectivity index (χ2n) is 6.36. The number of rotatable bonds is 8. The lowest BCUT2D eigenvalue weighted by molar-refractivity contribution is 0.0756. The molecule has 0 aliphatic carbocycles. The second-order valence-corrected chi connectivity index (χ2v) is 6.36. The Morgan fingerprint density at radius 1 is 1.40 bits per heavy atom. The van der Waals surface area contributed by atoms with E-state index in [4.69, 9.17) is 9.47 Å². The zero-order chi connectivity index (χ0) is 17.6. The van der Waals surface area contributed by atoms with Crippen LogP contribution in [0.25, 0.3) is 0 Å². The fourth-order valence-electron chi connectivity index (χ4n) is 2.75. The second kappa shape index (κ2) is 8.11. The SMILES string of the molecule is CC(C)OCCCNC(=O)c1cc2n(n1)C[C@@H](Oc1ccncc1)C2. The van der Waals surface area contributed by atoms with E-state index in [1.165, 1.54) is 0 Å². The van der Waals surface area contributed by atoms with Crippen molar-refractivity contribution in [3.05, 3.63) is 42.0 Å². The van der Waals surface area contributed by atoms with E-state index in [1.54, 1.807) is 12.4 Å². The average Bonchev–Trinajstić information content (AvgIpc) is 3.13. The van der Waals surface area contributed by atoms with E-state index in [0.717, 1.165) is 24.3 Å². The predicted molar refractivity (Wildman–Crippen MR) is 92.6 cm³/mol. The number of fused-ring (bicyclic) bond motifs is 1. The van der Waals surface area contributed by atoms with Crippen LogP contribution in [0, 0.1) is 0 Å². The number of nitrogens with zero attached hydrogens (tertiary/aromatic N) is 3. The Kier molecular flexibility index (Phi) is 5.65. The minimum absolute atomic E-state index is 0.0372. The number of hydrogen-bond acceptors (Lipinski definition) is 5. The molecule has 0 fully saturated rings. The number of amides is 1. The Bertz CT molecular complexity index is 676. The average molecular weight is 344 g/mol. The van der Waals surface area contributed by atoms with Gasteiger partial charge in [-0.1, -0.05) is 0 Å². The predicted octanol–water partition coefficient (Wildman–Crippen LogP) is 1.83. The van der Waals surface area contributed by atoms with Gasteiger partial charge in [-0.05, 0) is 38.5 Å². The summed E-state index contributed by atoms with van der Waals surface area (Å²) in [5.41, 5.74) is 1.48. The molecule has 0 bridgehead atoms. The molecular weight excluding hydrogens is 320 g/mol. The first-order chi connectivity index (χ1) is 12.1. The molecule has 0 unspecified atom stereocenters. The van der Waals surface area contributed by atoms with Gasteiger partial charge in [0.15, 0.2) is 0 Å². The molecule has 7 heteroatoms. The van der Waals surface area contributed by atoms with Crippen molar-refractivity contribution in [2.24, 2.45) is 0 Å². The fourth-order valence-corrected chi connectivity index (χ4v) is 2.75. The summed E-state index contributed by atoms with van der Waals surface area (Å²) in [5, 5.41) is 7.27. The normalized spacial score (nSPS) is 16.0. The molecule has 2 aromatic heterocycles. The molecule has 0 aromatic carbocycles. The van der Waals surface area contributed by atoms with Crippen molar-refractivity contribution in [2.45, 2.75) is 45.4 Å². The van der Waals surface area contributed by atoms with Crippen molar-refractivity contribution in [3.63, 3.8) is 0 Å². The Morgan fingerprint density at radius 3 is 2.92 bits per heavy atom. The third-order valence-corrected chi connectivity index (χ3v) is 3.92. The van der Waals surface area contributed by atoms with Crippen molar-refractivity contribution in [1.29, 1.82) is 0 Å². The number of carbonyl (C=O) groups excluding carboxylic acids is 1. The van der Waals surface area contributed by atoms with Gasteiger partial charge in [0, 0.05) is 37.7 Å². The van der Waals surface area contributed by atoms with Gasteiger partial charge in [-0.2, -0.15) is 5.10 Å². The van der Waals surface area contributed by atoms with E-state index in [2.05, 4.69) is 15.4 Å². The summed E-state index contributed by atoms with van der Waals surface area (Å²) < 4.78 is 13.2. The van der Waals surface area contributed by atoms with Gasteiger partial charge in [0.05, 0.1) is 12.6 Å². The van der Waals surface area contributed by atoms with E-state index < -0.39 is 0 Å². The summed E-state index contributed by atoms with van der Waals surface area (Å²) in [5.74, 6) is 0.658. The van der Waals surface area contributed by atoms with Crippen LogP contribution in [0.4, 0.5) is 0 Å². The molecule has 3 heterocycles. The van der Waals surface area contributed by atoms with Gasteiger partial charge in [-0.25, -0.2) is 0 Å². The zero-order valence-electron chi connectivity index (χ0n) is 14.6. The molecule has 134 valence electrons. The zero-order valence-corrected chi connectivity index (χ0v) is 14.6. The molecule has 1 atom stereocenters. The van der Waals surface area contributed by atoms with Gasteiger partial charge in [0.25, 0.3) is 5.91 Å². The Morgan fingerprint density at radius 2 is 2.20 bits per heavy atom. The third kappa shape index (κ3) is 4.79. The molecule has 25 heavy (non-hydrogen) atoms. The highest BCUT2D eigenvalue weighted by molar-refractivity contribution is 5.92. The van der Waals surface area contributed by atoms with Crippen molar-refractivity contribution in [1.82, 2.24) is 20.1 Å². The van der Waals surface area contributed by atoms with Gasteiger partial charge in [-0.15, -0.1) is 0 Å². The highest BCUT2D eigenvalue weighted by Crippen LogP contribution is 2.21. The van der Waals surface area contributed by atoms with Crippen LogP contribution in [0.5, 0.6) is 5.75 Å². The van der Waals surface area contributed by atoms with Gasteiger partial charge in [0.2, 0.25) is 0 Å². The summed E-state index contributed by atoms with van der Waals surface area (Å²) in [6.07, 6.45) is 5.20. The fraction of sp³-hybridized carbons (Fsp3) is 0.500. The Balaban J connectivity index is 1.45. The van der Waals surface area contributed by atoms with Crippen LogP contribution in [0.2, 0.25) is 0 Å². The van der Waals surface area contributed by atoms with E-state index in [0.29, 0.717) is 25.4 Å². The molecule has 1 aliphatic rings. The molecule has 1 aliphatic heterocycles. The van der Waals surface area contributed by atoms with Crippen molar-refractivity contribution in [3.8, 4) is 5.75 Å². The number of pyridine rings is 1. The van der Waals surface area contributed by atoms with E-state index >= 15 is 0 Å². The molecule has 0 saturated carbocycles. The van der Waals surface area contributed by atoms with Crippen LogP contribution in [-0.2, 0) is 17.7 Å². The van der Waals surface area contributed by atoms with Crippen LogP contribution in [-0.4, -0.2) is 46.0 Å². The van der Waals surface area contributed by atoms with Crippen LogP contribution in [0.1, 0.15) is 36.5 Å². The van der Waals surface area contributed by atoms with E-state index in [1.807, 2.05) is 36.7 Å². The van der Waals surface area contributed by atoms with Crippen LogP contribution in [0.15, 0.2) is 30.6 Å². The smallest absolute Gasteiger partial charge is 0.271 e. The molecule has 0 radical (unpaired) electrons. The molecular formula is C18H24N4O3. The molecule has 1 N–H and O–H groups in total. The maximum Gasteiger partial charge on any atom is 0.271 e. The summed E-state index contributed by atoms with van der Waals surface area (Å²) in [6.45, 7) is 5.87. The van der Waals surface area contributed by atoms with Crippen LogP contribution >= 0.6 is 0 Å². The van der Waals surface area contributed by atoms with Crippen molar-refractivity contribution in [2.75, 3.05) is 13.2 Å². The standard InChI is InChI=1S/C18H24N4O3/c1-13(2)24-9-3-6-20-18(23)17-11-14-10-16(12-22(14)21-17)25-15-4-7-19-8-5-15/h4-5,7-8,11,13,16H,3,6,9-10,12H2,1-2H3,(H,20,23)/t16-/m0/s1. The number of ether oxygens (including phenoxy) is 2. The molecule has 2 aromatic rings. The number of aromatic nitrogens is 3. The van der Waals surface area contributed by atoms with Gasteiger partial charge < -0.3 is 14.8 Å². The topological polar surface area (TPSA) is 78.3 Å². The lowest BCUT2D eigenvalue weighted by Crippen LogP contribution is -2.26. The third-order valence-electron chi connectivity index (χ3n) is 3.92. The monoisotopic (exact) mass is 344 g/mol. The first kappa shape index (κ1) is 17.4. The van der Waals surface area contributed by atoms with Gasteiger partial charge in [-0.3, -0.25) is 14.5 Å². The summed E-state index contributed by atoms with van der Waals surface area (Å²) in [6, 6.07) is 5.52. The maximum absolute atomic E-state index is 12.2. The van der Waals surface area contributed by atoms with E-state index in [9.17, 15) is 4.79 Å². The van der Waals surface area contributed by atoms with Crippen LogP contribution < -0.4 is 10.1 Å². The maximum atomic E-state index is 12.2. The lowest BCUT2D eigenvalue weighted by Gasteiger charge is -2.12. The summed E-state index contributed by atoms with van der Waals surface area (Å²) >= 11 is 0.